The topological polar surface area (TPSA) is 77.0 Å². The number of para-hydroxylation sites is 1. The summed E-state index contributed by atoms with van der Waals surface area (Å²) in [5, 5.41) is 6.41. The zero-order valence-corrected chi connectivity index (χ0v) is 17.7. The van der Waals surface area contributed by atoms with Crippen LogP contribution in [0.15, 0.2) is 65.8 Å². The summed E-state index contributed by atoms with van der Waals surface area (Å²) < 4.78 is 29.6. The van der Waals surface area contributed by atoms with Crippen LogP contribution in [0, 0.1) is 5.82 Å². The van der Waals surface area contributed by atoms with Gasteiger partial charge in [-0.1, -0.05) is 24.3 Å². The molecule has 8 heteroatoms. The SMILES string of the molecule is CN=C(NCc1ccc(F)cc1)NCc1ccc(Oc2c(OC)cccc2OC)nc1. The Morgan fingerprint density at radius 2 is 1.52 bits per heavy atom. The van der Waals surface area contributed by atoms with Crippen molar-refractivity contribution in [3.63, 3.8) is 0 Å². The first-order valence-electron chi connectivity index (χ1n) is 9.65. The number of rotatable bonds is 8. The number of aliphatic imine (C=N–C) groups is 1. The van der Waals surface area contributed by atoms with E-state index in [0.29, 0.717) is 42.2 Å². The van der Waals surface area contributed by atoms with Crippen molar-refractivity contribution in [2.24, 2.45) is 4.99 Å². The molecule has 2 aromatic carbocycles. The van der Waals surface area contributed by atoms with E-state index in [1.165, 1.54) is 12.1 Å². The van der Waals surface area contributed by atoms with Crippen LogP contribution in [0.1, 0.15) is 11.1 Å². The molecule has 7 nitrogen and oxygen atoms in total. The summed E-state index contributed by atoms with van der Waals surface area (Å²) in [6, 6.07) is 15.4. The van der Waals surface area contributed by atoms with Crippen molar-refractivity contribution in [3.05, 3.63) is 77.7 Å². The summed E-state index contributed by atoms with van der Waals surface area (Å²) in [5.74, 6) is 2.38. The minimum atomic E-state index is -0.254. The zero-order chi connectivity index (χ0) is 22.1. The van der Waals surface area contributed by atoms with E-state index in [9.17, 15) is 4.39 Å². The molecule has 3 aromatic rings. The summed E-state index contributed by atoms with van der Waals surface area (Å²) in [6.07, 6.45) is 1.72. The molecule has 0 unspecified atom stereocenters. The first-order chi connectivity index (χ1) is 15.1. The van der Waals surface area contributed by atoms with Crippen LogP contribution in [-0.2, 0) is 13.1 Å². The number of halogens is 1. The fourth-order valence-electron chi connectivity index (χ4n) is 2.79. The van der Waals surface area contributed by atoms with Gasteiger partial charge in [0.25, 0.3) is 0 Å². The van der Waals surface area contributed by atoms with Crippen molar-refractivity contribution in [2.45, 2.75) is 13.1 Å². The van der Waals surface area contributed by atoms with Gasteiger partial charge >= 0.3 is 0 Å². The number of nitrogens with zero attached hydrogens (tertiary/aromatic N) is 2. The summed E-state index contributed by atoms with van der Waals surface area (Å²) >= 11 is 0. The quantitative estimate of drug-likeness (QED) is 0.422. The predicted octanol–water partition coefficient (Wildman–Crippen LogP) is 3.90. The van der Waals surface area contributed by atoms with Gasteiger partial charge in [-0.2, -0.15) is 0 Å². The molecule has 162 valence electrons. The maximum absolute atomic E-state index is 13.0. The number of aromatic nitrogens is 1. The summed E-state index contributed by atoms with van der Waals surface area (Å²) in [6.45, 7) is 1.06. The van der Waals surface area contributed by atoms with Gasteiger partial charge in [-0.05, 0) is 35.4 Å². The highest BCUT2D eigenvalue weighted by molar-refractivity contribution is 5.79. The maximum atomic E-state index is 13.0. The van der Waals surface area contributed by atoms with E-state index in [1.807, 2.05) is 12.1 Å². The highest BCUT2D eigenvalue weighted by atomic mass is 19.1. The van der Waals surface area contributed by atoms with E-state index in [-0.39, 0.29) is 5.82 Å². The van der Waals surface area contributed by atoms with Gasteiger partial charge in [0.15, 0.2) is 17.5 Å². The molecule has 0 saturated heterocycles. The third-order valence-corrected chi connectivity index (χ3v) is 4.44. The minimum absolute atomic E-state index is 0.254. The Bertz CT molecular complexity index is 986. The second kappa shape index (κ2) is 10.8. The molecule has 0 amide bonds. The molecule has 31 heavy (non-hydrogen) atoms. The first-order valence-corrected chi connectivity index (χ1v) is 9.65. The van der Waals surface area contributed by atoms with Crippen LogP contribution in [0.2, 0.25) is 0 Å². The number of hydrogen-bond donors (Lipinski definition) is 2. The Morgan fingerprint density at radius 3 is 2.06 bits per heavy atom. The monoisotopic (exact) mass is 424 g/mol. The van der Waals surface area contributed by atoms with Crippen molar-refractivity contribution >= 4 is 5.96 Å². The lowest BCUT2D eigenvalue weighted by Crippen LogP contribution is -2.36. The second-order valence-electron chi connectivity index (χ2n) is 6.50. The van der Waals surface area contributed by atoms with Crippen molar-refractivity contribution in [2.75, 3.05) is 21.3 Å². The third-order valence-electron chi connectivity index (χ3n) is 4.44. The zero-order valence-electron chi connectivity index (χ0n) is 17.7. The van der Waals surface area contributed by atoms with Gasteiger partial charge in [0.2, 0.25) is 11.6 Å². The Hall–Kier alpha value is -3.81. The molecule has 0 aliphatic rings. The van der Waals surface area contributed by atoms with Gasteiger partial charge < -0.3 is 24.8 Å². The molecule has 1 heterocycles. The van der Waals surface area contributed by atoms with E-state index in [0.717, 1.165) is 11.1 Å². The van der Waals surface area contributed by atoms with Gasteiger partial charge in [-0.15, -0.1) is 0 Å². The van der Waals surface area contributed by atoms with E-state index < -0.39 is 0 Å². The second-order valence-corrected chi connectivity index (χ2v) is 6.50. The Kier molecular flexibility index (Phi) is 7.64. The Balaban J connectivity index is 1.56. The molecule has 0 bridgehead atoms. The molecule has 0 spiro atoms. The van der Waals surface area contributed by atoms with Gasteiger partial charge in [-0.3, -0.25) is 4.99 Å². The van der Waals surface area contributed by atoms with Crippen molar-refractivity contribution < 1.29 is 18.6 Å². The van der Waals surface area contributed by atoms with Crippen molar-refractivity contribution in [3.8, 4) is 23.1 Å². The van der Waals surface area contributed by atoms with Crippen LogP contribution in [0.4, 0.5) is 4.39 Å². The van der Waals surface area contributed by atoms with Crippen molar-refractivity contribution in [1.29, 1.82) is 0 Å². The molecule has 3 rings (SSSR count). The number of guanidine groups is 1. The number of benzene rings is 2. The molecule has 0 atom stereocenters. The molecule has 0 radical (unpaired) electrons. The van der Waals surface area contributed by atoms with Gasteiger partial charge in [0.1, 0.15) is 5.82 Å². The molecular formula is C23H25FN4O3. The molecule has 2 N–H and O–H groups in total. The lowest BCUT2D eigenvalue weighted by Gasteiger charge is -2.14. The van der Waals surface area contributed by atoms with E-state index in [4.69, 9.17) is 14.2 Å². The van der Waals surface area contributed by atoms with Crippen LogP contribution in [0.25, 0.3) is 0 Å². The normalized spacial score (nSPS) is 11.0. The van der Waals surface area contributed by atoms with Gasteiger partial charge in [-0.25, -0.2) is 9.37 Å². The lowest BCUT2D eigenvalue weighted by atomic mass is 10.2. The van der Waals surface area contributed by atoms with Crippen LogP contribution < -0.4 is 24.8 Å². The van der Waals surface area contributed by atoms with Crippen LogP contribution in [-0.4, -0.2) is 32.2 Å². The van der Waals surface area contributed by atoms with Crippen molar-refractivity contribution in [1.82, 2.24) is 15.6 Å². The third kappa shape index (κ3) is 6.08. The van der Waals surface area contributed by atoms with E-state index in [1.54, 1.807) is 57.8 Å². The average molecular weight is 424 g/mol. The highest BCUT2D eigenvalue weighted by Gasteiger charge is 2.13. The average Bonchev–Trinajstić information content (AvgIpc) is 2.81. The molecule has 0 fully saturated rings. The smallest absolute Gasteiger partial charge is 0.219 e. The number of hydrogen-bond acceptors (Lipinski definition) is 5. The van der Waals surface area contributed by atoms with E-state index >= 15 is 0 Å². The first kappa shape index (κ1) is 21.9. The Labute approximate surface area is 180 Å². The molecular weight excluding hydrogens is 399 g/mol. The molecule has 1 aromatic heterocycles. The largest absolute Gasteiger partial charge is 0.493 e. The maximum Gasteiger partial charge on any atom is 0.219 e. The Morgan fingerprint density at radius 1 is 0.903 bits per heavy atom. The molecule has 0 saturated carbocycles. The number of methoxy groups -OCH3 is 2. The molecule has 0 aliphatic heterocycles. The lowest BCUT2D eigenvalue weighted by molar-refractivity contribution is 0.342. The molecule has 0 aliphatic carbocycles. The fraction of sp³-hybridized carbons (Fsp3) is 0.217. The minimum Gasteiger partial charge on any atom is -0.493 e. The van der Waals surface area contributed by atoms with Crippen LogP contribution in [0.5, 0.6) is 23.1 Å². The highest BCUT2D eigenvalue weighted by Crippen LogP contribution is 2.39. The summed E-state index contributed by atoms with van der Waals surface area (Å²) in [4.78, 5) is 8.56. The number of nitrogens with one attached hydrogen (secondary N) is 2. The van der Waals surface area contributed by atoms with Gasteiger partial charge in [0, 0.05) is 32.4 Å². The standard InChI is InChI=1S/C23H25FN4O3/c1-25-23(27-13-16-7-10-18(24)11-8-16)28-15-17-9-12-21(26-14-17)31-22-19(29-2)5-4-6-20(22)30-3/h4-12,14H,13,15H2,1-3H3,(H2,25,27,28). The number of ether oxygens (including phenoxy) is 3. The summed E-state index contributed by atoms with van der Waals surface area (Å²) in [5.41, 5.74) is 1.91. The van der Waals surface area contributed by atoms with E-state index in [2.05, 4.69) is 20.6 Å². The predicted molar refractivity (Wildman–Crippen MR) is 117 cm³/mol. The van der Waals surface area contributed by atoms with Gasteiger partial charge in [0.05, 0.1) is 14.2 Å². The summed E-state index contributed by atoms with van der Waals surface area (Å²) in [7, 11) is 4.83. The van der Waals surface area contributed by atoms with Crippen LogP contribution in [0.3, 0.4) is 0 Å². The number of pyridine rings is 1. The fourth-order valence-corrected chi connectivity index (χ4v) is 2.79. The van der Waals surface area contributed by atoms with Crippen LogP contribution >= 0.6 is 0 Å².